The van der Waals surface area contributed by atoms with Gasteiger partial charge in [0.05, 0.1) is 16.7 Å². The van der Waals surface area contributed by atoms with Crippen molar-refractivity contribution in [1.29, 1.82) is 15.8 Å². The number of nitrogens with zero attached hydrogens (tertiary/aromatic N) is 3. The Morgan fingerprint density at radius 1 is 0.850 bits per heavy atom. The number of rotatable bonds is 3. The lowest BCUT2D eigenvalue weighted by atomic mass is 9.88. The molecule has 3 nitrogen and oxygen atoms in total. The number of hydrogen-bond acceptors (Lipinski definition) is 3. The molecule has 0 saturated carbocycles. The van der Waals surface area contributed by atoms with E-state index in [1.807, 2.05) is 30.3 Å². The van der Waals surface area contributed by atoms with Crippen LogP contribution in [0.3, 0.4) is 0 Å². The van der Waals surface area contributed by atoms with E-state index in [-0.39, 0.29) is 5.56 Å². The first-order valence-corrected chi connectivity index (χ1v) is 6.56. The van der Waals surface area contributed by atoms with Gasteiger partial charge in [0.2, 0.25) is 0 Å². The van der Waals surface area contributed by atoms with Crippen molar-refractivity contribution in [2.45, 2.75) is 26.2 Å². The van der Waals surface area contributed by atoms with Gasteiger partial charge in [-0.1, -0.05) is 37.6 Å². The van der Waals surface area contributed by atoms with Crippen LogP contribution in [0.4, 0.5) is 0 Å². The van der Waals surface area contributed by atoms with Gasteiger partial charge in [0.25, 0.3) is 0 Å². The molecule has 0 fully saturated rings. The molecule has 0 aliphatic carbocycles. The molecule has 0 N–H and O–H groups in total. The Labute approximate surface area is 118 Å². The predicted octanol–water partition coefficient (Wildman–Crippen LogP) is 3.80. The molecule has 0 spiro atoms. The Kier molecular flexibility index (Phi) is 3.99. The van der Waals surface area contributed by atoms with Gasteiger partial charge in [0.15, 0.2) is 0 Å². The molecular weight excluding hydrogens is 246 g/mol. The lowest BCUT2D eigenvalue weighted by molar-refractivity contribution is 0.797. The van der Waals surface area contributed by atoms with Gasteiger partial charge in [-0.3, -0.25) is 0 Å². The monoisotopic (exact) mass is 259 g/mol. The van der Waals surface area contributed by atoms with Gasteiger partial charge in [-0.05, 0) is 23.8 Å². The molecule has 96 valence electrons. The van der Waals surface area contributed by atoms with Crippen LogP contribution in [-0.4, -0.2) is 0 Å². The molecule has 0 radical (unpaired) electrons. The Hall–Kier alpha value is -2.83. The summed E-state index contributed by atoms with van der Waals surface area (Å²) in [5, 5.41) is 29.7. The molecule has 2 aromatic carbocycles. The van der Waals surface area contributed by atoms with E-state index in [4.69, 9.17) is 0 Å². The zero-order valence-corrected chi connectivity index (χ0v) is 11.3. The summed E-state index contributed by atoms with van der Waals surface area (Å²) < 4.78 is 0. The molecular formula is C17H13N3. The van der Waals surface area contributed by atoms with Crippen LogP contribution in [0.15, 0.2) is 24.3 Å². The predicted molar refractivity (Wildman–Crippen MR) is 76.7 cm³/mol. The van der Waals surface area contributed by atoms with Gasteiger partial charge in [0, 0.05) is 5.39 Å². The molecule has 0 aliphatic heterocycles. The molecule has 0 aliphatic rings. The van der Waals surface area contributed by atoms with Gasteiger partial charge < -0.3 is 0 Å². The van der Waals surface area contributed by atoms with Crippen molar-refractivity contribution in [3.05, 3.63) is 46.5 Å². The van der Waals surface area contributed by atoms with Crippen LogP contribution in [0.2, 0.25) is 0 Å². The first-order valence-electron chi connectivity index (χ1n) is 6.56. The first-order chi connectivity index (χ1) is 9.78. The third-order valence-corrected chi connectivity index (χ3v) is 3.44. The van der Waals surface area contributed by atoms with Gasteiger partial charge in [-0.2, -0.15) is 15.8 Å². The molecule has 0 heterocycles. The number of benzene rings is 2. The van der Waals surface area contributed by atoms with Crippen LogP contribution in [0.5, 0.6) is 0 Å². The van der Waals surface area contributed by atoms with E-state index in [0.29, 0.717) is 11.1 Å². The van der Waals surface area contributed by atoms with E-state index in [2.05, 4.69) is 19.1 Å². The molecule has 0 aromatic heterocycles. The Morgan fingerprint density at radius 3 is 2.00 bits per heavy atom. The molecule has 0 atom stereocenters. The molecule has 2 rings (SSSR count). The quantitative estimate of drug-likeness (QED) is 0.841. The summed E-state index contributed by atoms with van der Waals surface area (Å²) in [6, 6.07) is 13.7. The minimum Gasteiger partial charge on any atom is -0.192 e. The maximum absolute atomic E-state index is 9.40. The molecule has 0 bridgehead atoms. The second-order valence-electron chi connectivity index (χ2n) is 4.59. The minimum absolute atomic E-state index is 0.208. The molecule has 0 saturated heterocycles. The molecule has 2 aromatic rings. The highest BCUT2D eigenvalue weighted by molar-refractivity contribution is 5.95. The Morgan fingerprint density at radius 2 is 1.45 bits per heavy atom. The van der Waals surface area contributed by atoms with Crippen molar-refractivity contribution >= 4 is 10.8 Å². The van der Waals surface area contributed by atoms with Crippen LogP contribution in [-0.2, 0) is 6.42 Å². The van der Waals surface area contributed by atoms with Crippen LogP contribution in [0, 0.1) is 34.0 Å². The maximum atomic E-state index is 9.40. The van der Waals surface area contributed by atoms with E-state index in [1.165, 1.54) is 0 Å². The van der Waals surface area contributed by atoms with E-state index < -0.39 is 0 Å². The summed E-state index contributed by atoms with van der Waals surface area (Å²) in [5.41, 5.74) is 1.76. The van der Waals surface area contributed by atoms with Crippen molar-refractivity contribution in [2.75, 3.05) is 0 Å². The first kappa shape index (κ1) is 13.6. The van der Waals surface area contributed by atoms with Crippen molar-refractivity contribution in [1.82, 2.24) is 0 Å². The summed E-state index contributed by atoms with van der Waals surface area (Å²) in [6.45, 7) is 2.09. The molecule has 0 amide bonds. The number of unbranched alkanes of at least 4 members (excludes halogenated alkanes) is 1. The molecule has 3 heteroatoms. The minimum atomic E-state index is 0.208. The SMILES string of the molecule is CCCCc1c(C#N)c(C#N)c(C#N)c2ccccc12. The number of aryl methyl sites for hydroxylation is 1. The summed E-state index contributed by atoms with van der Waals surface area (Å²) in [7, 11) is 0. The van der Waals surface area contributed by atoms with Gasteiger partial charge in [0.1, 0.15) is 18.2 Å². The Bertz CT molecular complexity index is 783. The zero-order chi connectivity index (χ0) is 14.5. The zero-order valence-electron chi connectivity index (χ0n) is 11.3. The van der Waals surface area contributed by atoms with E-state index in [1.54, 1.807) is 0 Å². The van der Waals surface area contributed by atoms with E-state index >= 15 is 0 Å². The summed E-state index contributed by atoms with van der Waals surface area (Å²) >= 11 is 0. The maximum Gasteiger partial charge on any atom is 0.102 e. The normalized spacial score (nSPS) is 9.70. The number of hydrogen-bond donors (Lipinski definition) is 0. The van der Waals surface area contributed by atoms with Gasteiger partial charge in [-0.25, -0.2) is 0 Å². The van der Waals surface area contributed by atoms with E-state index in [0.717, 1.165) is 35.6 Å². The second kappa shape index (κ2) is 5.87. The molecule has 20 heavy (non-hydrogen) atoms. The van der Waals surface area contributed by atoms with Crippen LogP contribution in [0.25, 0.3) is 10.8 Å². The number of fused-ring (bicyclic) bond motifs is 1. The van der Waals surface area contributed by atoms with Crippen molar-refractivity contribution in [2.24, 2.45) is 0 Å². The lowest BCUT2D eigenvalue weighted by Crippen LogP contribution is -2.00. The Balaban J connectivity index is 2.93. The third kappa shape index (κ3) is 2.09. The molecule has 0 unspecified atom stereocenters. The average molecular weight is 259 g/mol. The summed E-state index contributed by atoms with van der Waals surface area (Å²) in [5.74, 6) is 0. The van der Waals surface area contributed by atoms with Gasteiger partial charge >= 0.3 is 0 Å². The fourth-order valence-corrected chi connectivity index (χ4v) is 2.47. The van der Waals surface area contributed by atoms with Crippen molar-refractivity contribution < 1.29 is 0 Å². The average Bonchev–Trinajstić information content (AvgIpc) is 2.50. The lowest BCUT2D eigenvalue weighted by Gasteiger charge is -2.12. The topological polar surface area (TPSA) is 71.4 Å². The van der Waals surface area contributed by atoms with E-state index in [9.17, 15) is 15.8 Å². The standard InChI is InChI=1S/C17H13N3/c1-2-3-6-13-12-7-4-5-8-14(12)16(10-19)17(11-20)15(13)9-18/h4-5,7-8H,2-3,6H2,1H3. The highest BCUT2D eigenvalue weighted by Gasteiger charge is 2.18. The third-order valence-electron chi connectivity index (χ3n) is 3.44. The van der Waals surface area contributed by atoms with Gasteiger partial charge in [-0.15, -0.1) is 0 Å². The fraction of sp³-hybridized carbons (Fsp3) is 0.235. The van der Waals surface area contributed by atoms with Crippen LogP contribution >= 0.6 is 0 Å². The summed E-state index contributed by atoms with van der Waals surface area (Å²) in [6.07, 6.45) is 2.72. The smallest absolute Gasteiger partial charge is 0.102 e. The van der Waals surface area contributed by atoms with Crippen molar-refractivity contribution in [3.8, 4) is 18.2 Å². The number of nitriles is 3. The second-order valence-corrected chi connectivity index (χ2v) is 4.59. The van der Waals surface area contributed by atoms with Crippen LogP contribution < -0.4 is 0 Å². The van der Waals surface area contributed by atoms with Crippen LogP contribution in [0.1, 0.15) is 42.0 Å². The highest BCUT2D eigenvalue weighted by atomic mass is 14.3. The fourth-order valence-electron chi connectivity index (χ4n) is 2.47. The van der Waals surface area contributed by atoms with Crippen molar-refractivity contribution in [3.63, 3.8) is 0 Å². The highest BCUT2D eigenvalue weighted by Crippen LogP contribution is 2.30. The summed E-state index contributed by atoms with van der Waals surface area (Å²) in [4.78, 5) is 0. The largest absolute Gasteiger partial charge is 0.192 e.